The van der Waals surface area contributed by atoms with E-state index >= 15 is 0 Å². The Balaban J connectivity index is 1.64. The molecule has 0 bridgehead atoms. The van der Waals surface area contributed by atoms with E-state index in [1.54, 1.807) is 11.9 Å². The lowest BCUT2D eigenvalue weighted by Gasteiger charge is -2.41. The molecule has 0 spiro atoms. The van der Waals surface area contributed by atoms with E-state index in [2.05, 4.69) is 16.3 Å². The second-order valence-electron chi connectivity index (χ2n) is 9.09. The zero-order valence-electron chi connectivity index (χ0n) is 19.0. The molecule has 1 atom stereocenters. The number of piperidine rings is 1. The number of likely N-dealkylation sites (tertiary alicyclic amines) is 1. The van der Waals surface area contributed by atoms with E-state index < -0.39 is 17.7 Å². The van der Waals surface area contributed by atoms with Gasteiger partial charge < -0.3 is 19.9 Å². The number of hydrogen-bond acceptors (Lipinski definition) is 6. The van der Waals surface area contributed by atoms with Crippen LogP contribution in [0.25, 0.3) is 0 Å². The van der Waals surface area contributed by atoms with Gasteiger partial charge in [0.2, 0.25) is 5.91 Å². The summed E-state index contributed by atoms with van der Waals surface area (Å²) in [5.41, 5.74) is 1.86. The molecule has 2 amide bonds. The molecule has 31 heavy (non-hydrogen) atoms. The highest BCUT2D eigenvalue weighted by Crippen LogP contribution is 2.26. The number of amides is 2. The van der Waals surface area contributed by atoms with Crippen LogP contribution < -0.4 is 10.2 Å². The molecule has 8 nitrogen and oxygen atoms in total. The van der Waals surface area contributed by atoms with Gasteiger partial charge in [0.25, 0.3) is 0 Å². The van der Waals surface area contributed by atoms with Gasteiger partial charge in [-0.05, 0) is 58.2 Å². The van der Waals surface area contributed by atoms with Crippen molar-refractivity contribution in [3.05, 3.63) is 23.8 Å². The molecule has 0 radical (unpaired) electrons. The number of carbonyl (C=O) groups excluding carboxylic acids is 2. The molecule has 168 valence electrons. The summed E-state index contributed by atoms with van der Waals surface area (Å²) in [6, 6.07) is 7.48. The Kier molecular flexibility index (Phi) is 6.94. The van der Waals surface area contributed by atoms with E-state index in [4.69, 9.17) is 4.74 Å². The predicted molar refractivity (Wildman–Crippen MR) is 120 cm³/mol. The molecule has 8 heteroatoms. The van der Waals surface area contributed by atoms with Crippen molar-refractivity contribution in [2.24, 2.45) is 0 Å². The fourth-order valence-electron chi connectivity index (χ4n) is 4.16. The highest BCUT2D eigenvalue weighted by Gasteiger charge is 2.37. The average molecular weight is 428 g/mol. The number of piperazine rings is 1. The fraction of sp³-hybridized carbons (Fsp3) is 0.609. The van der Waals surface area contributed by atoms with Crippen molar-refractivity contribution in [3.63, 3.8) is 0 Å². The molecule has 0 aliphatic carbocycles. The lowest BCUT2D eigenvalue weighted by Crippen LogP contribution is -2.57. The van der Waals surface area contributed by atoms with Crippen molar-refractivity contribution in [3.8, 4) is 6.07 Å². The summed E-state index contributed by atoms with van der Waals surface area (Å²) in [4.78, 5) is 31.6. The molecule has 2 heterocycles. The van der Waals surface area contributed by atoms with E-state index in [0.717, 1.165) is 24.2 Å². The first-order valence-electron chi connectivity index (χ1n) is 11.0. The highest BCUT2D eigenvalue weighted by atomic mass is 16.6. The van der Waals surface area contributed by atoms with Gasteiger partial charge in [-0.15, -0.1) is 0 Å². The Hall–Kier alpha value is -2.95. The first-order valence-corrected chi connectivity index (χ1v) is 11.0. The molecule has 2 saturated heterocycles. The van der Waals surface area contributed by atoms with E-state index in [9.17, 15) is 14.9 Å². The van der Waals surface area contributed by atoms with Gasteiger partial charge in [0.05, 0.1) is 11.3 Å². The Bertz CT molecular complexity index is 850. The van der Waals surface area contributed by atoms with Crippen molar-refractivity contribution >= 4 is 23.4 Å². The summed E-state index contributed by atoms with van der Waals surface area (Å²) in [6.45, 7) is 8.70. The first-order chi connectivity index (χ1) is 14.7. The molecular weight excluding hydrogens is 394 g/mol. The standard InChI is InChI=1S/C23H33N5O3/c1-23(2,3)31-22(30)28-10-6-5-7-20(28)21(29)27-13-11-26(12-14-27)18-9-8-17(16-24)19(15-18)25-4/h8-9,15,20,25H,5-7,10-14H2,1-4H3/t20-/m1/s1. The SMILES string of the molecule is CNc1cc(N2CCN(C(=O)[C@H]3CCCCN3C(=O)OC(C)(C)C)CC2)ccc1C#N. The number of hydrogen-bond donors (Lipinski definition) is 1. The van der Waals surface area contributed by atoms with Gasteiger partial charge in [-0.25, -0.2) is 4.79 Å². The number of rotatable bonds is 3. The molecule has 1 aromatic rings. The lowest BCUT2D eigenvalue weighted by molar-refractivity contribution is -0.138. The molecule has 0 unspecified atom stereocenters. The number of anilines is 2. The lowest BCUT2D eigenvalue weighted by atomic mass is 10.0. The summed E-state index contributed by atoms with van der Waals surface area (Å²) in [5.74, 6) is 0.0148. The van der Waals surface area contributed by atoms with Gasteiger partial charge >= 0.3 is 6.09 Å². The zero-order valence-corrected chi connectivity index (χ0v) is 19.0. The second kappa shape index (κ2) is 9.46. The third-order valence-corrected chi connectivity index (χ3v) is 5.77. The Morgan fingerprint density at radius 2 is 1.84 bits per heavy atom. The third-order valence-electron chi connectivity index (χ3n) is 5.77. The van der Waals surface area contributed by atoms with Gasteiger partial charge in [0, 0.05) is 45.5 Å². The molecule has 1 N–H and O–H groups in total. The van der Waals surface area contributed by atoms with Crippen LogP contribution in [0.1, 0.15) is 45.6 Å². The summed E-state index contributed by atoms with van der Waals surface area (Å²) in [5, 5.41) is 12.3. The van der Waals surface area contributed by atoms with Crippen molar-refractivity contribution in [1.29, 1.82) is 5.26 Å². The molecule has 0 aromatic heterocycles. The fourth-order valence-corrected chi connectivity index (χ4v) is 4.16. The Labute approximate surface area is 184 Å². The van der Waals surface area contributed by atoms with Gasteiger partial charge in [-0.1, -0.05) is 0 Å². The highest BCUT2D eigenvalue weighted by molar-refractivity contribution is 5.86. The predicted octanol–water partition coefficient (Wildman–Crippen LogP) is 3.04. The molecule has 3 rings (SSSR count). The van der Waals surface area contributed by atoms with Crippen molar-refractivity contribution < 1.29 is 14.3 Å². The van der Waals surface area contributed by atoms with Crippen molar-refractivity contribution in [1.82, 2.24) is 9.80 Å². The van der Waals surface area contributed by atoms with Crippen LogP contribution in [-0.2, 0) is 9.53 Å². The van der Waals surface area contributed by atoms with Crippen LogP contribution >= 0.6 is 0 Å². The molecule has 2 aliphatic heterocycles. The van der Waals surface area contributed by atoms with Crippen LogP contribution in [-0.4, -0.2) is 73.2 Å². The number of benzene rings is 1. The molecule has 2 fully saturated rings. The smallest absolute Gasteiger partial charge is 0.410 e. The van der Waals surface area contributed by atoms with E-state index in [1.165, 1.54) is 0 Å². The topological polar surface area (TPSA) is 88.9 Å². The maximum atomic E-state index is 13.3. The quantitative estimate of drug-likeness (QED) is 0.798. The summed E-state index contributed by atoms with van der Waals surface area (Å²) >= 11 is 0. The average Bonchev–Trinajstić information content (AvgIpc) is 2.77. The second-order valence-corrected chi connectivity index (χ2v) is 9.09. The minimum absolute atomic E-state index is 0.0148. The van der Waals surface area contributed by atoms with E-state index in [1.807, 2.05) is 43.9 Å². The maximum Gasteiger partial charge on any atom is 0.410 e. The monoisotopic (exact) mass is 427 g/mol. The van der Waals surface area contributed by atoms with Gasteiger partial charge in [0.15, 0.2) is 0 Å². The number of nitriles is 1. The van der Waals surface area contributed by atoms with Crippen molar-refractivity contribution in [2.75, 3.05) is 50.0 Å². The van der Waals surface area contributed by atoms with Gasteiger partial charge in [0.1, 0.15) is 17.7 Å². The summed E-state index contributed by atoms with van der Waals surface area (Å²) in [6.07, 6.45) is 2.11. The van der Waals surface area contributed by atoms with E-state index in [0.29, 0.717) is 44.7 Å². The van der Waals surface area contributed by atoms with Crippen molar-refractivity contribution in [2.45, 2.75) is 51.7 Å². The zero-order chi connectivity index (χ0) is 22.6. The van der Waals surface area contributed by atoms with Gasteiger partial charge in [-0.3, -0.25) is 9.69 Å². The largest absolute Gasteiger partial charge is 0.444 e. The summed E-state index contributed by atoms with van der Waals surface area (Å²) in [7, 11) is 1.80. The molecule has 0 saturated carbocycles. The van der Waals surface area contributed by atoms with Crippen LogP contribution in [0.2, 0.25) is 0 Å². The van der Waals surface area contributed by atoms with Crippen LogP contribution in [0.4, 0.5) is 16.2 Å². The Morgan fingerprint density at radius 1 is 1.13 bits per heavy atom. The van der Waals surface area contributed by atoms with Crippen LogP contribution in [0.15, 0.2) is 18.2 Å². The number of nitrogens with zero attached hydrogens (tertiary/aromatic N) is 4. The Morgan fingerprint density at radius 3 is 2.45 bits per heavy atom. The molecular formula is C23H33N5O3. The maximum absolute atomic E-state index is 13.3. The van der Waals surface area contributed by atoms with Crippen LogP contribution in [0, 0.1) is 11.3 Å². The number of ether oxygens (including phenoxy) is 1. The number of carbonyl (C=O) groups is 2. The van der Waals surface area contributed by atoms with Gasteiger partial charge in [-0.2, -0.15) is 5.26 Å². The molecule has 2 aliphatic rings. The van der Waals surface area contributed by atoms with E-state index in [-0.39, 0.29) is 5.91 Å². The van der Waals surface area contributed by atoms with Crippen LogP contribution in [0.5, 0.6) is 0 Å². The minimum Gasteiger partial charge on any atom is -0.444 e. The third kappa shape index (κ3) is 5.40. The summed E-state index contributed by atoms with van der Waals surface area (Å²) < 4.78 is 5.54. The minimum atomic E-state index is -0.582. The van der Waals surface area contributed by atoms with Crippen LogP contribution in [0.3, 0.4) is 0 Å². The molecule has 1 aromatic carbocycles. The normalized spacial score (nSPS) is 19.6. The number of nitrogens with one attached hydrogen (secondary N) is 1. The first kappa shape index (κ1) is 22.7.